The van der Waals surface area contributed by atoms with Gasteiger partial charge in [0.15, 0.2) is 11.5 Å². The smallest absolute Gasteiger partial charge is 0.231 e. The van der Waals surface area contributed by atoms with E-state index < -0.39 is 0 Å². The van der Waals surface area contributed by atoms with Crippen LogP contribution in [0, 0.1) is 0 Å². The zero-order valence-electron chi connectivity index (χ0n) is 15.1. The van der Waals surface area contributed by atoms with Crippen LogP contribution in [0.15, 0.2) is 41.5 Å². The van der Waals surface area contributed by atoms with Crippen molar-refractivity contribution in [3.8, 4) is 11.5 Å². The molecule has 1 unspecified atom stereocenters. The summed E-state index contributed by atoms with van der Waals surface area (Å²) in [5.74, 6) is 1.46. The van der Waals surface area contributed by atoms with Crippen LogP contribution in [0.3, 0.4) is 0 Å². The lowest BCUT2D eigenvalue weighted by Crippen LogP contribution is -2.25. The predicted octanol–water partition coefficient (Wildman–Crippen LogP) is 3.00. The quantitative estimate of drug-likeness (QED) is 0.903. The highest BCUT2D eigenvalue weighted by Gasteiger charge is 2.25. The van der Waals surface area contributed by atoms with Gasteiger partial charge in [0.25, 0.3) is 0 Å². The number of nitrogens with one attached hydrogen (secondary N) is 1. The van der Waals surface area contributed by atoms with Gasteiger partial charge in [0, 0.05) is 36.8 Å². The first-order valence-electron chi connectivity index (χ1n) is 8.63. The van der Waals surface area contributed by atoms with Crippen LogP contribution in [0.5, 0.6) is 11.5 Å². The second-order valence-corrected chi connectivity index (χ2v) is 6.70. The van der Waals surface area contributed by atoms with E-state index in [0.29, 0.717) is 0 Å². The monoisotopic (exact) mass is 351 g/mol. The molecule has 0 radical (unpaired) electrons. The summed E-state index contributed by atoms with van der Waals surface area (Å²) in [6.07, 6.45) is 0.874. The summed E-state index contributed by atoms with van der Waals surface area (Å²) >= 11 is 0. The van der Waals surface area contributed by atoms with Crippen molar-refractivity contribution in [1.82, 2.24) is 5.01 Å². The molecule has 1 N–H and O–H groups in total. The molecule has 134 valence electrons. The third-order valence-corrected chi connectivity index (χ3v) is 4.74. The number of benzene rings is 2. The fourth-order valence-electron chi connectivity index (χ4n) is 3.26. The lowest BCUT2D eigenvalue weighted by atomic mass is 9.94. The van der Waals surface area contributed by atoms with E-state index in [0.717, 1.165) is 40.4 Å². The molecule has 2 aliphatic heterocycles. The third kappa shape index (κ3) is 2.98. The molecule has 0 aromatic heterocycles. The second kappa shape index (κ2) is 6.37. The molecule has 1 atom stereocenters. The molecule has 2 aromatic carbocycles. The number of carbonyl (C=O) groups excluding carboxylic acids is 1. The first kappa shape index (κ1) is 16.4. The van der Waals surface area contributed by atoms with Crippen LogP contribution in [0.1, 0.15) is 30.5 Å². The summed E-state index contributed by atoms with van der Waals surface area (Å²) in [7, 11) is 1.99. The molecule has 0 spiro atoms. The lowest BCUT2D eigenvalue weighted by molar-refractivity contribution is -0.114. The fourth-order valence-corrected chi connectivity index (χ4v) is 3.26. The van der Waals surface area contributed by atoms with Gasteiger partial charge >= 0.3 is 0 Å². The van der Waals surface area contributed by atoms with Crippen molar-refractivity contribution in [3.05, 3.63) is 53.1 Å². The van der Waals surface area contributed by atoms with E-state index in [1.807, 2.05) is 42.4 Å². The molecule has 0 aliphatic carbocycles. The predicted molar refractivity (Wildman–Crippen MR) is 99.9 cm³/mol. The minimum atomic E-state index is -0.0869. The van der Waals surface area contributed by atoms with Crippen LogP contribution in [-0.2, 0) is 11.2 Å². The summed E-state index contributed by atoms with van der Waals surface area (Å²) in [4.78, 5) is 11.2. The fraction of sp³-hybridized carbons (Fsp3) is 0.300. The van der Waals surface area contributed by atoms with Gasteiger partial charge in [0.2, 0.25) is 12.7 Å². The molecule has 1 amide bonds. The van der Waals surface area contributed by atoms with E-state index in [-0.39, 0.29) is 18.7 Å². The van der Waals surface area contributed by atoms with Crippen molar-refractivity contribution in [2.24, 2.45) is 5.10 Å². The van der Waals surface area contributed by atoms with Crippen LogP contribution < -0.4 is 14.8 Å². The number of likely N-dealkylation sites (N-methyl/N-ethyl adjacent to an activating group) is 1. The molecule has 6 heteroatoms. The topological polar surface area (TPSA) is 63.2 Å². The molecular weight excluding hydrogens is 330 g/mol. The minimum Gasteiger partial charge on any atom is -0.454 e. The molecule has 0 saturated carbocycles. The molecule has 0 saturated heterocycles. The Morgan fingerprint density at radius 2 is 1.88 bits per heavy atom. The standard InChI is InChI=1S/C20H21N3O3/c1-12-8-15-9-18-19(26-11-25-18)10-17(15)20(22-23(12)3)14-4-6-16(7-5-14)21-13(2)24/h4-7,9-10,12H,8,11H2,1-3H3,(H,21,24). The number of amides is 1. The zero-order chi connectivity index (χ0) is 18.3. The summed E-state index contributed by atoms with van der Waals surface area (Å²) < 4.78 is 11.1. The molecule has 6 nitrogen and oxygen atoms in total. The molecule has 2 heterocycles. The first-order valence-corrected chi connectivity index (χ1v) is 8.63. The second-order valence-electron chi connectivity index (χ2n) is 6.70. The van der Waals surface area contributed by atoms with Gasteiger partial charge in [-0.05, 0) is 43.2 Å². The van der Waals surface area contributed by atoms with Crippen LogP contribution in [0.25, 0.3) is 0 Å². The largest absolute Gasteiger partial charge is 0.454 e. The summed E-state index contributed by atoms with van der Waals surface area (Å²) in [5, 5.41) is 9.63. The van der Waals surface area contributed by atoms with Crippen LogP contribution >= 0.6 is 0 Å². The Morgan fingerprint density at radius 1 is 1.19 bits per heavy atom. The van der Waals surface area contributed by atoms with E-state index in [1.54, 1.807) is 0 Å². The lowest BCUT2D eigenvalue weighted by Gasteiger charge is -2.19. The maximum Gasteiger partial charge on any atom is 0.231 e. The highest BCUT2D eigenvalue weighted by molar-refractivity contribution is 6.14. The van der Waals surface area contributed by atoms with Gasteiger partial charge < -0.3 is 14.8 Å². The molecule has 2 aromatic rings. The molecule has 4 rings (SSSR count). The van der Waals surface area contributed by atoms with Crippen molar-refractivity contribution >= 4 is 17.3 Å². The number of hydrazone groups is 1. The normalized spacial score (nSPS) is 18.0. The minimum absolute atomic E-state index is 0.0869. The van der Waals surface area contributed by atoms with E-state index in [4.69, 9.17) is 14.6 Å². The van der Waals surface area contributed by atoms with Crippen LogP contribution in [0.4, 0.5) is 5.69 Å². The zero-order valence-corrected chi connectivity index (χ0v) is 15.1. The van der Waals surface area contributed by atoms with E-state index in [9.17, 15) is 4.79 Å². The van der Waals surface area contributed by atoms with Gasteiger partial charge in [-0.1, -0.05) is 12.1 Å². The maximum absolute atomic E-state index is 11.2. The summed E-state index contributed by atoms with van der Waals surface area (Å²) in [6.45, 7) is 3.91. The Hall–Kier alpha value is -3.02. The van der Waals surface area contributed by atoms with Gasteiger partial charge in [0.1, 0.15) is 0 Å². The first-order chi connectivity index (χ1) is 12.5. The average Bonchev–Trinajstić information content (AvgIpc) is 3.02. The van der Waals surface area contributed by atoms with Crippen molar-refractivity contribution < 1.29 is 14.3 Å². The molecule has 26 heavy (non-hydrogen) atoms. The molecular formula is C20H21N3O3. The Labute approximate surface area is 152 Å². The van der Waals surface area contributed by atoms with Crippen LogP contribution in [0.2, 0.25) is 0 Å². The SMILES string of the molecule is CC(=O)Nc1ccc(C2=NN(C)C(C)Cc3cc4c(cc32)OCO4)cc1. The number of carbonyl (C=O) groups is 1. The number of hydrogen-bond acceptors (Lipinski definition) is 5. The Bertz CT molecular complexity index is 890. The maximum atomic E-state index is 11.2. The van der Waals surface area contributed by atoms with Crippen LogP contribution in [-0.4, -0.2) is 36.5 Å². The highest BCUT2D eigenvalue weighted by atomic mass is 16.7. The number of nitrogens with zero attached hydrogens (tertiary/aromatic N) is 2. The van der Waals surface area contributed by atoms with E-state index >= 15 is 0 Å². The summed E-state index contributed by atoms with van der Waals surface area (Å²) in [5.41, 5.74) is 4.89. The van der Waals surface area contributed by atoms with E-state index in [2.05, 4.69) is 18.3 Å². The summed E-state index contributed by atoms with van der Waals surface area (Å²) in [6, 6.07) is 12.1. The number of rotatable bonds is 2. The van der Waals surface area contributed by atoms with Gasteiger partial charge in [-0.3, -0.25) is 9.80 Å². The van der Waals surface area contributed by atoms with Gasteiger partial charge in [-0.15, -0.1) is 0 Å². The number of hydrogen-bond donors (Lipinski definition) is 1. The molecule has 0 fully saturated rings. The number of ether oxygens (including phenoxy) is 2. The van der Waals surface area contributed by atoms with E-state index in [1.165, 1.54) is 12.5 Å². The Balaban J connectivity index is 1.79. The van der Waals surface area contributed by atoms with Crippen molar-refractivity contribution in [3.63, 3.8) is 0 Å². The Kier molecular flexibility index (Phi) is 4.03. The number of anilines is 1. The van der Waals surface area contributed by atoms with Gasteiger partial charge in [-0.2, -0.15) is 5.10 Å². The highest BCUT2D eigenvalue weighted by Crippen LogP contribution is 2.37. The third-order valence-electron chi connectivity index (χ3n) is 4.74. The van der Waals surface area contributed by atoms with Crippen molar-refractivity contribution in [1.29, 1.82) is 0 Å². The van der Waals surface area contributed by atoms with Gasteiger partial charge in [0.05, 0.1) is 5.71 Å². The number of fused-ring (bicyclic) bond motifs is 2. The van der Waals surface area contributed by atoms with Crippen molar-refractivity contribution in [2.45, 2.75) is 26.3 Å². The molecule has 0 bridgehead atoms. The van der Waals surface area contributed by atoms with Gasteiger partial charge in [-0.25, -0.2) is 0 Å². The Morgan fingerprint density at radius 3 is 2.58 bits per heavy atom. The molecule has 2 aliphatic rings. The average molecular weight is 351 g/mol. The van der Waals surface area contributed by atoms with Crippen molar-refractivity contribution in [2.75, 3.05) is 19.2 Å².